The largest absolute Gasteiger partial charge is 0.508 e. The van der Waals surface area contributed by atoms with Crippen molar-refractivity contribution in [2.75, 3.05) is 12.4 Å². The van der Waals surface area contributed by atoms with E-state index < -0.39 is 36.2 Å². The van der Waals surface area contributed by atoms with Crippen LogP contribution in [-0.4, -0.2) is 59.5 Å². The highest BCUT2D eigenvalue weighted by molar-refractivity contribution is 5.95. The second-order valence-corrected chi connectivity index (χ2v) is 10.8. The number of phenolic OH excluding ortho intramolecular Hbond substituents is 1. The number of anilines is 1. The molecule has 4 N–H and O–H groups in total. The van der Waals surface area contributed by atoms with Crippen molar-refractivity contribution in [1.29, 1.82) is 0 Å². The Morgan fingerprint density at radius 3 is 2.58 bits per heavy atom. The van der Waals surface area contributed by atoms with Crippen LogP contribution in [0, 0.1) is 5.92 Å². The van der Waals surface area contributed by atoms with Crippen LogP contribution in [-0.2, 0) is 30.3 Å². The van der Waals surface area contributed by atoms with Crippen molar-refractivity contribution >= 4 is 23.5 Å². The molecule has 5 atom stereocenters. The van der Waals surface area contributed by atoms with Crippen LogP contribution in [0.5, 0.6) is 5.75 Å². The molecule has 0 radical (unpaired) electrons. The number of phenols is 1. The van der Waals surface area contributed by atoms with Gasteiger partial charge < -0.3 is 30.3 Å². The Hall–Kier alpha value is -3.95. The number of carbonyl (C=O) groups is 3. The first-order valence-corrected chi connectivity index (χ1v) is 14.6. The van der Waals surface area contributed by atoms with Crippen LogP contribution in [0.4, 0.5) is 5.69 Å². The number of fused-ring (bicyclic) bond motifs is 2. The van der Waals surface area contributed by atoms with Gasteiger partial charge in [0, 0.05) is 36.8 Å². The molecule has 0 aliphatic carbocycles. The molecule has 0 spiro atoms. The smallest absolute Gasteiger partial charge is 0.328 e. The van der Waals surface area contributed by atoms with Crippen molar-refractivity contribution in [3.8, 4) is 5.75 Å². The minimum Gasteiger partial charge on any atom is -0.508 e. The average Bonchev–Trinajstić information content (AvgIpc) is 2.96. The monoisotopic (exact) mass is 594 g/mol. The Morgan fingerprint density at radius 1 is 1.16 bits per heavy atom. The molecular weight excluding hydrogens is 548 g/mol. The Bertz CT molecular complexity index is 1260. The number of aryl methyl sites for hydroxylation is 1. The van der Waals surface area contributed by atoms with Gasteiger partial charge in [0.2, 0.25) is 11.8 Å². The van der Waals surface area contributed by atoms with Gasteiger partial charge in [0.15, 0.2) is 0 Å². The molecule has 0 saturated carbocycles. The van der Waals surface area contributed by atoms with Crippen LogP contribution in [0.2, 0.25) is 0 Å². The Balaban J connectivity index is 2.32. The third kappa shape index (κ3) is 12.1. The predicted octanol–water partition coefficient (Wildman–Crippen LogP) is 5.07. The highest BCUT2D eigenvalue weighted by atomic mass is 16.5. The molecule has 0 aromatic heterocycles. The molecule has 0 saturated heterocycles. The normalized spacial score (nSPS) is 26.8. The lowest BCUT2D eigenvalue weighted by Crippen LogP contribution is -2.43. The van der Waals surface area contributed by atoms with Crippen LogP contribution in [0.1, 0.15) is 59.4 Å². The second kappa shape index (κ2) is 17.9. The molecule has 2 amide bonds. The van der Waals surface area contributed by atoms with Gasteiger partial charge in [0.05, 0.1) is 18.6 Å². The van der Waals surface area contributed by atoms with E-state index in [2.05, 4.69) is 10.6 Å². The van der Waals surface area contributed by atoms with Crippen molar-refractivity contribution < 1.29 is 34.1 Å². The van der Waals surface area contributed by atoms with E-state index >= 15 is 0 Å². The molecule has 234 valence electrons. The van der Waals surface area contributed by atoms with Gasteiger partial charge in [-0.25, -0.2) is 4.79 Å². The average molecular weight is 595 g/mol. The fourth-order valence-electron chi connectivity index (χ4n) is 4.45. The number of aliphatic hydroxyl groups is 1. The maximum atomic E-state index is 12.9. The molecule has 9 nitrogen and oxygen atoms in total. The molecule has 1 aromatic carbocycles. The summed E-state index contributed by atoms with van der Waals surface area (Å²) in [6.45, 7) is 8.62. The number of amides is 2. The first-order valence-electron chi connectivity index (χ1n) is 14.6. The molecule has 1 aliphatic rings. The molecule has 1 heterocycles. The van der Waals surface area contributed by atoms with E-state index in [0.717, 1.165) is 11.1 Å². The zero-order valence-corrected chi connectivity index (χ0v) is 26.0. The lowest BCUT2D eigenvalue weighted by Gasteiger charge is -2.29. The number of hydrogen-bond acceptors (Lipinski definition) is 7. The minimum absolute atomic E-state index is 0.0392. The van der Waals surface area contributed by atoms with Gasteiger partial charge in [-0.15, -0.1) is 0 Å². The van der Waals surface area contributed by atoms with E-state index in [0.29, 0.717) is 30.5 Å². The SMILES string of the molecule is C/C=C(\C)C(=O)N[C@@H](C)C(=O)O[C@H]1C/C=C/C=C/C=C/C(OC)CC(=O)Nc2cc(O)cc(c2)CC/C=C(/C)[C@H](O)[C@H]1C. The number of allylic oxidation sites excluding steroid dienone is 6. The summed E-state index contributed by atoms with van der Waals surface area (Å²) in [4.78, 5) is 37.8. The summed E-state index contributed by atoms with van der Waals surface area (Å²) >= 11 is 0. The predicted molar refractivity (Wildman–Crippen MR) is 168 cm³/mol. The van der Waals surface area contributed by atoms with Crippen LogP contribution in [0.25, 0.3) is 0 Å². The number of aromatic hydroxyl groups is 1. The number of carbonyl (C=O) groups excluding carboxylic acids is 3. The summed E-state index contributed by atoms with van der Waals surface area (Å²) in [6, 6.07) is 4.07. The van der Waals surface area contributed by atoms with Crippen molar-refractivity contribution in [3.05, 3.63) is 83.5 Å². The van der Waals surface area contributed by atoms with Crippen molar-refractivity contribution in [3.63, 3.8) is 0 Å². The number of hydrogen-bond donors (Lipinski definition) is 4. The first-order chi connectivity index (χ1) is 20.4. The summed E-state index contributed by atoms with van der Waals surface area (Å²) in [5.41, 5.74) is 2.52. The maximum absolute atomic E-state index is 12.9. The van der Waals surface area contributed by atoms with Crippen molar-refractivity contribution in [2.45, 2.75) is 84.7 Å². The maximum Gasteiger partial charge on any atom is 0.328 e. The quantitative estimate of drug-likeness (QED) is 0.213. The van der Waals surface area contributed by atoms with Gasteiger partial charge in [-0.1, -0.05) is 55.5 Å². The topological polar surface area (TPSA) is 134 Å². The van der Waals surface area contributed by atoms with Crippen LogP contribution in [0.15, 0.2) is 78.0 Å². The van der Waals surface area contributed by atoms with Crippen molar-refractivity contribution in [2.24, 2.45) is 5.92 Å². The number of rotatable bonds is 5. The van der Waals surface area contributed by atoms with E-state index in [1.807, 2.05) is 38.1 Å². The number of benzene rings is 1. The van der Waals surface area contributed by atoms with Gasteiger partial charge in [-0.05, 0) is 63.8 Å². The molecule has 1 aliphatic heterocycles. The first kappa shape index (κ1) is 35.2. The van der Waals surface area contributed by atoms with Gasteiger partial charge in [0.25, 0.3) is 0 Å². The van der Waals surface area contributed by atoms with Gasteiger partial charge in [-0.3, -0.25) is 9.59 Å². The lowest BCUT2D eigenvalue weighted by molar-refractivity contribution is -0.156. The summed E-state index contributed by atoms with van der Waals surface area (Å²) < 4.78 is 11.2. The van der Waals surface area contributed by atoms with E-state index in [-0.39, 0.29) is 24.0 Å². The molecule has 0 fully saturated rings. The van der Waals surface area contributed by atoms with E-state index in [9.17, 15) is 24.6 Å². The summed E-state index contributed by atoms with van der Waals surface area (Å²) in [5, 5.41) is 26.9. The standard InChI is InChI=1S/C34H46N2O7/c1-7-22(2)33(40)35-25(5)34(41)43-30-17-12-10-8-9-11-16-29(42-6)21-31(38)36-27-18-26(19-28(37)20-27)15-13-14-23(3)32(39)24(30)4/h7-12,14,16,18-20,24-25,29-30,32,37,39H,13,15,17,21H2,1-6H3,(H,35,40)(H,36,38)/b9-8+,12-10+,16-11+,22-7+,23-14-/t24-,25-,29?,30-,32-/m0/s1. The Morgan fingerprint density at radius 2 is 1.88 bits per heavy atom. The molecular formula is C34H46N2O7. The minimum atomic E-state index is -0.890. The molecule has 2 bridgehead atoms. The zero-order chi connectivity index (χ0) is 31.9. The second-order valence-electron chi connectivity index (χ2n) is 10.8. The van der Waals surface area contributed by atoms with Crippen molar-refractivity contribution in [1.82, 2.24) is 5.32 Å². The number of ether oxygens (including phenoxy) is 2. The van der Waals surface area contributed by atoms with Crippen LogP contribution >= 0.6 is 0 Å². The highest BCUT2D eigenvalue weighted by Gasteiger charge is 2.30. The number of aliphatic hydroxyl groups excluding tert-OH is 1. The number of methoxy groups -OCH3 is 1. The third-order valence-corrected chi connectivity index (χ3v) is 7.32. The highest BCUT2D eigenvalue weighted by Crippen LogP contribution is 2.24. The number of nitrogens with one attached hydrogen (secondary N) is 2. The fraction of sp³-hybridized carbons (Fsp3) is 0.441. The fourth-order valence-corrected chi connectivity index (χ4v) is 4.45. The molecule has 2 rings (SSSR count). The summed E-state index contributed by atoms with van der Waals surface area (Å²) in [6.07, 6.45) is 13.9. The summed E-state index contributed by atoms with van der Waals surface area (Å²) in [7, 11) is 1.53. The van der Waals surface area contributed by atoms with E-state index in [4.69, 9.17) is 9.47 Å². The molecule has 43 heavy (non-hydrogen) atoms. The Labute approximate surface area is 255 Å². The van der Waals surface area contributed by atoms with Gasteiger partial charge >= 0.3 is 5.97 Å². The molecule has 1 aromatic rings. The van der Waals surface area contributed by atoms with Crippen LogP contribution < -0.4 is 10.6 Å². The Kier molecular flexibility index (Phi) is 14.7. The molecule has 1 unspecified atom stereocenters. The van der Waals surface area contributed by atoms with E-state index in [1.54, 1.807) is 57.2 Å². The summed E-state index contributed by atoms with van der Waals surface area (Å²) in [5.74, 6) is -1.60. The van der Waals surface area contributed by atoms with E-state index in [1.165, 1.54) is 13.2 Å². The van der Waals surface area contributed by atoms with Crippen LogP contribution in [0.3, 0.4) is 0 Å². The third-order valence-electron chi connectivity index (χ3n) is 7.32. The van der Waals surface area contributed by atoms with Gasteiger partial charge in [-0.2, -0.15) is 0 Å². The van der Waals surface area contributed by atoms with Gasteiger partial charge in [0.1, 0.15) is 17.9 Å². The zero-order valence-electron chi connectivity index (χ0n) is 26.0. The lowest BCUT2D eigenvalue weighted by atomic mass is 9.90. The molecule has 9 heteroatoms. The number of esters is 1.